The van der Waals surface area contributed by atoms with Gasteiger partial charge in [-0.3, -0.25) is 0 Å². The van der Waals surface area contributed by atoms with Crippen molar-refractivity contribution in [1.82, 2.24) is 0 Å². The quantitative estimate of drug-likeness (QED) is 0.0211. The first-order valence-electron chi connectivity index (χ1n) is 36.9. The van der Waals surface area contributed by atoms with Gasteiger partial charge in [0.2, 0.25) is 0 Å². The molecule has 3 aliphatic rings. The first-order valence-corrected chi connectivity index (χ1v) is 36.9. The van der Waals surface area contributed by atoms with Gasteiger partial charge in [0.05, 0.1) is 66.4 Å². The number of hydrogen-bond donors (Lipinski definition) is 0. The molecule has 21 heteroatoms. The lowest BCUT2D eigenvalue weighted by Gasteiger charge is -2.51. The minimum absolute atomic E-state index is 0.00979. The molecule has 0 N–H and O–H groups in total. The van der Waals surface area contributed by atoms with Crippen LogP contribution in [0.25, 0.3) is 0 Å². The molecule has 10 aromatic carbocycles. The maximum atomic E-state index is 15.5. The molecule has 0 radical (unpaired) electrons. The molecule has 0 amide bonds. The maximum absolute atomic E-state index is 15.5. The van der Waals surface area contributed by atoms with Crippen LogP contribution < -0.4 is 0 Å². The van der Waals surface area contributed by atoms with E-state index in [9.17, 15) is 14.4 Å². The van der Waals surface area contributed by atoms with Crippen LogP contribution in [-0.2, 0) is 97.5 Å². The molecule has 3 aliphatic heterocycles. The van der Waals surface area contributed by atoms with Gasteiger partial charge in [-0.2, -0.15) is 0 Å². The van der Waals surface area contributed by atoms with E-state index in [-0.39, 0.29) is 72.8 Å². The average molecular weight is 1510 g/mol. The molecule has 0 bridgehead atoms. The van der Waals surface area contributed by atoms with Crippen LogP contribution in [0, 0.1) is 0 Å². The maximum Gasteiger partial charge on any atom is 0.338 e. The number of rotatable bonds is 33. The van der Waals surface area contributed by atoms with E-state index in [1.54, 1.807) is 133 Å². The second-order valence-electron chi connectivity index (χ2n) is 26.7. The smallest absolute Gasteiger partial charge is 0.338 e. The summed E-state index contributed by atoms with van der Waals surface area (Å²) in [6, 6.07) is 86.3. The third kappa shape index (κ3) is 21.1. The van der Waals surface area contributed by atoms with Crippen molar-refractivity contribution in [1.29, 1.82) is 0 Å². The van der Waals surface area contributed by atoms with Crippen LogP contribution in [-0.4, -0.2) is 148 Å². The molecule has 13 rings (SSSR count). The highest BCUT2D eigenvalue weighted by Gasteiger charge is 2.60. The normalized spacial score (nSPS) is 23.4. The molecule has 0 aromatic heterocycles. The summed E-state index contributed by atoms with van der Waals surface area (Å²) in [6.07, 6.45) is -22.2. The molecule has 0 aliphatic carbocycles. The zero-order valence-electron chi connectivity index (χ0n) is 61.0. The van der Waals surface area contributed by atoms with Crippen molar-refractivity contribution in [3.63, 3.8) is 0 Å². The Labute approximate surface area is 648 Å². The molecule has 0 spiro atoms. The molecule has 0 unspecified atom stereocenters. The van der Waals surface area contributed by atoms with Crippen LogP contribution in [0.4, 0.5) is 0 Å². The Morgan fingerprint density at radius 1 is 0.268 bits per heavy atom. The van der Waals surface area contributed by atoms with Gasteiger partial charge in [0.25, 0.3) is 0 Å². The van der Waals surface area contributed by atoms with E-state index in [2.05, 4.69) is 6.58 Å². The molecule has 574 valence electrons. The largest absolute Gasteiger partial charge is 0.459 e. The van der Waals surface area contributed by atoms with Gasteiger partial charge >= 0.3 is 35.8 Å². The van der Waals surface area contributed by atoms with Gasteiger partial charge in [0.1, 0.15) is 68.1 Å². The van der Waals surface area contributed by atoms with Gasteiger partial charge in [-0.25, -0.2) is 28.8 Å². The Morgan fingerprint density at radius 3 is 0.911 bits per heavy atom. The highest BCUT2D eigenvalue weighted by Crippen LogP contribution is 2.40. The fraction of sp³-hybridized carbons (Fsp3) is 0.253. The number of benzene rings is 10. The van der Waals surface area contributed by atoms with Crippen molar-refractivity contribution in [3.05, 3.63) is 372 Å². The van der Waals surface area contributed by atoms with Crippen molar-refractivity contribution >= 4 is 35.8 Å². The van der Waals surface area contributed by atoms with Crippen LogP contribution >= 0.6 is 0 Å². The predicted molar refractivity (Wildman–Crippen MR) is 408 cm³/mol. The number of esters is 6. The van der Waals surface area contributed by atoms with Crippen molar-refractivity contribution in [2.24, 2.45) is 0 Å². The van der Waals surface area contributed by atoms with Gasteiger partial charge < -0.3 is 71.1 Å². The summed E-state index contributed by atoms with van der Waals surface area (Å²) >= 11 is 0. The standard InChI is InChI=1S/C91H84O21/c1-2-33-71-76(107-86(94)67-46-25-9-26-47-67)80(108-87(95)68-48-27-10-28-49-68)77(73(104-71)59-102-84(92)65-42-21-7-22-43-65)112-91-83(110-89(97)70-52-31-12-32-53-70)81(109-88(96)69-50-29-11-30-51-69)78(74(106-91)60-103-85(93)66-44-23-8-24-45-66)111-90-82(101-57-64-40-19-6-20-41-64)79(100-56-63-38-17-5-18-39-63)75(99-55-62-36-15-4-16-37-62)72(105-90)58-98-54-61-34-13-3-14-35-61/h2-32,34-53,71-83,90-91H,1,33,54-60H2/t71-,72-,73-,74-,75+,76+,77-,78+,79+,80-,81+,82-,83-,90-,91+/m1/s1. The highest BCUT2D eigenvalue weighted by atomic mass is 16.8. The fourth-order valence-electron chi connectivity index (χ4n) is 13.3. The second kappa shape index (κ2) is 39.9. The predicted octanol–water partition coefficient (Wildman–Crippen LogP) is 14.1. The molecule has 112 heavy (non-hydrogen) atoms. The summed E-state index contributed by atoms with van der Waals surface area (Å²) in [5, 5.41) is 0. The van der Waals surface area contributed by atoms with E-state index >= 15 is 14.4 Å². The van der Waals surface area contributed by atoms with Crippen molar-refractivity contribution in [3.8, 4) is 0 Å². The van der Waals surface area contributed by atoms with E-state index in [4.69, 9.17) is 71.1 Å². The lowest BCUT2D eigenvalue weighted by molar-refractivity contribution is -0.378. The first-order chi connectivity index (χ1) is 55.0. The van der Waals surface area contributed by atoms with Crippen LogP contribution in [0.3, 0.4) is 0 Å². The van der Waals surface area contributed by atoms with Crippen LogP contribution in [0.15, 0.2) is 316 Å². The Kier molecular flexibility index (Phi) is 27.9. The lowest BCUT2D eigenvalue weighted by atomic mass is 9.91. The van der Waals surface area contributed by atoms with E-state index in [0.717, 1.165) is 22.3 Å². The number of carbonyl (C=O) groups excluding carboxylic acids is 6. The van der Waals surface area contributed by atoms with Crippen LogP contribution in [0.2, 0.25) is 0 Å². The van der Waals surface area contributed by atoms with Gasteiger partial charge in [-0.15, -0.1) is 6.58 Å². The third-order valence-corrected chi connectivity index (χ3v) is 18.9. The topological polar surface area (TPSA) is 241 Å². The summed E-state index contributed by atoms with van der Waals surface area (Å²) < 4.78 is 104. The summed E-state index contributed by atoms with van der Waals surface area (Å²) in [5.41, 5.74) is 3.73. The van der Waals surface area contributed by atoms with Gasteiger partial charge in [-0.05, 0) is 101 Å². The zero-order chi connectivity index (χ0) is 77.2. The molecule has 0 saturated carbocycles. The summed E-state index contributed by atoms with van der Waals surface area (Å²) in [7, 11) is 0. The Morgan fingerprint density at radius 2 is 0.545 bits per heavy atom. The first kappa shape index (κ1) is 78.5. The van der Waals surface area contributed by atoms with Crippen LogP contribution in [0.5, 0.6) is 0 Å². The Bertz CT molecular complexity index is 4600. The molecular formula is C91H84O21. The summed E-state index contributed by atoms with van der Waals surface area (Å²) in [6.45, 7) is 2.64. The minimum atomic E-state index is -2.09. The lowest BCUT2D eigenvalue weighted by Crippen LogP contribution is -2.68. The minimum Gasteiger partial charge on any atom is -0.459 e. The SMILES string of the molecule is C=CC[C@H]1O[C@H](COC(=O)c2ccccc2)[C@@H](O[C@@H]2O[C@H](COC(=O)c3ccccc3)[C@H](O[C@H]3O[C@H](COCc4ccccc4)[C@H](OCc4ccccc4)[C@H](OCc4ccccc4)[C@H]3OCc3ccccc3)[C@H](OC(=O)c3ccccc3)[C@H]2OC(=O)c2ccccc2)[C@H](OC(=O)c2ccccc2)[C@H]1OC(=O)c1ccccc1. The van der Waals surface area contributed by atoms with E-state index in [1.165, 1.54) is 54.6 Å². The van der Waals surface area contributed by atoms with Gasteiger partial charge in [0, 0.05) is 0 Å². The van der Waals surface area contributed by atoms with Gasteiger partial charge in [0.15, 0.2) is 37.0 Å². The number of carbonyl (C=O) groups is 6. The average Bonchev–Trinajstić information content (AvgIpc) is 0.756. The molecule has 3 saturated heterocycles. The van der Waals surface area contributed by atoms with Crippen molar-refractivity contribution < 1.29 is 99.8 Å². The zero-order valence-corrected chi connectivity index (χ0v) is 61.0. The molecule has 3 heterocycles. The second-order valence-corrected chi connectivity index (χ2v) is 26.7. The van der Waals surface area contributed by atoms with E-state index < -0.39 is 141 Å². The molecular weight excluding hydrogens is 1430 g/mol. The summed E-state index contributed by atoms with van der Waals surface area (Å²) in [4.78, 5) is 89.5. The number of hydrogen-bond acceptors (Lipinski definition) is 21. The fourth-order valence-corrected chi connectivity index (χ4v) is 13.3. The van der Waals surface area contributed by atoms with E-state index in [1.807, 2.05) is 121 Å². The molecule has 21 nitrogen and oxygen atoms in total. The summed E-state index contributed by atoms with van der Waals surface area (Å²) in [5.74, 6) is -5.39. The molecule has 15 atom stereocenters. The Hall–Kier alpha value is -11.6. The van der Waals surface area contributed by atoms with Crippen LogP contribution in [0.1, 0.15) is 90.8 Å². The van der Waals surface area contributed by atoms with Crippen molar-refractivity contribution in [2.45, 2.75) is 125 Å². The third-order valence-electron chi connectivity index (χ3n) is 18.9. The van der Waals surface area contributed by atoms with E-state index in [0.29, 0.717) is 0 Å². The molecule has 10 aromatic rings. The monoisotopic (exact) mass is 1510 g/mol. The van der Waals surface area contributed by atoms with Gasteiger partial charge in [-0.1, -0.05) is 237 Å². The highest BCUT2D eigenvalue weighted by molar-refractivity contribution is 5.92. The Balaban J connectivity index is 0.983. The number of ether oxygens (including phenoxy) is 15. The van der Waals surface area contributed by atoms with Crippen molar-refractivity contribution in [2.75, 3.05) is 19.8 Å². The molecule has 3 fully saturated rings.